The highest BCUT2D eigenvalue weighted by molar-refractivity contribution is 5.38. The molecule has 0 aliphatic carbocycles. The van der Waals surface area contributed by atoms with E-state index < -0.39 is 0 Å². The van der Waals surface area contributed by atoms with Crippen LogP contribution in [0.3, 0.4) is 0 Å². The van der Waals surface area contributed by atoms with E-state index in [9.17, 15) is 0 Å². The second-order valence-corrected chi connectivity index (χ2v) is 2.32. The van der Waals surface area contributed by atoms with Crippen LogP contribution in [0.5, 0.6) is 0 Å². The van der Waals surface area contributed by atoms with E-state index in [0.717, 1.165) is 11.3 Å². The fourth-order valence-electron chi connectivity index (χ4n) is 0.938. The fraction of sp³-hybridized carbons (Fsp3) is 0.273. The lowest BCUT2D eigenvalue weighted by Crippen LogP contribution is -2.05. The Balaban J connectivity index is 4.85. The Hall–Kier alpha value is -1.24. The zero-order chi connectivity index (χ0) is 9.40. The summed E-state index contributed by atoms with van der Waals surface area (Å²) in [7, 11) is 1.91. The highest BCUT2D eigenvalue weighted by Gasteiger charge is 1.92. The van der Waals surface area contributed by atoms with Crippen molar-refractivity contribution in [2.75, 3.05) is 7.05 Å². The van der Waals surface area contributed by atoms with Gasteiger partial charge >= 0.3 is 0 Å². The molecule has 1 nitrogen and oxygen atoms in total. The summed E-state index contributed by atoms with van der Waals surface area (Å²) in [6, 6.07) is 0. The number of hydrogen-bond acceptors (Lipinski definition) is 1. The van der Waals surface area contributed by atoms with Gasteiger partial charge in [-0.05, 0) is 25.5 Å². The van der Waals surface area contributed by atoms with E-state index in [4.69, 9.17) is 0 Å². The summed E-state index contributed by atoms with van der Waals surface area (Å²) in [4.78, 5) is 0. The normalized spacial score (nSPS) is 13.6. The standard InChI is InChI=1S/C11H17N/c1-5-8-10(7-3)11(12-4)9-6-2/h5-9,12H,3H2,1-2,4H3/b8-5-,9-6-,11-10+. The maximum absolute atomic E-state index is 3.75. The highest BCUT2D eigenvalue weighted by Crippen LogP contribution is 2.05. The SMILES string of the molecule is C=CC(/C=C\C)=C(/C=C\C)NC. The molecule has 1 N–H and O–H groups in total. The summed E-state index contributed by atoms with van der Waals surface area (Å²) >= 11 is 0. The highest BCUT2D eigenvalue weighted by atomic mass is 14.8. The lowest BCUT2D eigenvalue weighted by Gasteiger charge is -2.03. The summed E-state index contributed by atoms with van der Waals surface area (Å²) in [5.41, 5.74) is 2.20. The van der Waals surface area contributed by atoms with Crippen molar-refractivity contribution >= 4 is 0 Å². The molecule has 0 rings (SSSR count). The van der Waals surface area contributed by atoms with Gasteiger partial charge in [-0.2, -0.15) is 0 Å². The van der Waals surface area contributed by atoms with Gasteiger partial charge in [-0.25, -0.2) is 0 Å². The number of rotatable bonds is 4. The minimum atomic E-state index is 1.09. The van der Waals surface area contributed by atoms with Gasteiger partial charge in [0.2, 0.25) is 0 Å². The molecule has 0 amide bonds. The van der Waals surface area contributed by atoms with Gasteiger partial charge < -0.3 is 5.32 Å². The van der Waals surface area contributed by atoms with Crippen molar-refractivity contribution in [3.63, 3.8) is 0 Å². The van der Waals surface area contributed by atoms with Crippen LogP contribution in [0.1, 0.15) is 13.8 Å². The number of likely N-dealkylation sites (N-methyl/N-ethyl adjacent to an activating group) is 1. The van der Waals surface area contributed by atoms with Crippen LogP contribution in [-0.4, -0.2) is 7.05 Å². The van der Waals surface area contributed by atoms with E-state index in [1.54, 1.807) is 0 Å². The van der Waals surface area contributed by atoms with Crippen LogP contribution in [0, 0.1) is 0 Å². The molecule has 0 fully saturated rings. The molecule has 0 unspecified atom stereocenters. The minimum absolute atomic E-state index is 1.09. The maximum atomic E-state index is 3.75. The molecule has 0 spiro atoms. The van der Waals surface area contributed by atoms with Gasteiger partial charge in [-0.1, -0.05) is 30.9 Å². The zero-order valence-electron chi connectivity index (χ0n) is 8.09. The van der Waals surface area contributed by atoms with Crippen LogP contribution in [0.15, 0.2) is 48.2 Å². The van der Waals surface area contributed by atoms with Gasteiger partial charge in [0.05, 0.1) is 0 Å². The molecular weight excluding hydrogens is 146 g/mol. The van der Waals surface area contributed by atoms with Gasteiger partial charge in [0.1, 0.15) is 0 Å². The summed E-state index contributed by atoms with van der Waals surface area (Å²) in [5, 5.41) is 3.11. The van der Waals surface area contributed by atoms with E-state index in [-0.39, 0.29) is 0 Å². The molecule has 0 heterocycles. The van der Waals surface area contributed by atoms with Crippen molar-refractivity contribution < 1.29 is 0 Å². The molecule has 66 valence electrons. The first kappa shape index (κ1) is 10.8. The smallest absolute Gasteiger partial charge is 0.0407 e. The Morgan fingerprint density at radius 1 is 1.17 bits per heavy atom. The molecule has 0 aliphatic rings. The zero-order valence-corrected chi connectivity index (χ0v) is 8.09. The Bertz CT molecular complexity index is 219. The second-order valence-electron chi connectivity index (χ2n) is 2.32. The topological polar surface area (TPSA) is 12.0 Å². The quantitative estimate of drug-likeness (QED) is 0.628. The predicted molar refractivity (Wildman–Crippen MR) is 55.9 cm³/mol. The first-order chi connectivity index (χ1) is 5.79. The first-order valence-corrected chi connectivity index (χ1v) is 4.10. The van der Waals surface area contributed by atoms with Crippen molar-refractivity contribution in [3.8, 4) is 0 Å². The Morgan fingerprint density at radius 2 is 1.75 bits per heavy atom. The minimum Gasteiger partial charge on any atom is -0.388 e. The molecule has 12 heavy (non-hydrogen) atoms. The summed E-state index contributed by atoms with van der Waals surface area (Å²) < 4.78 is 0. The van der Waals surface area contributed by atoms with Crippen molar-refractivity contribution in [1.29, 1.82) is 0 Å². The molecule has 0 saturated carbocycles. The maximum Gasteiger partial charge on any atom is 0.0407 e. The number of hydrogen-bond donors (Lipinski definition) is 1. The van der Waals surface area contributed by atoms with Crippen molar-refractivity contribution in [2.24, 2.45) is 0 Å². The van der Waals surface area contributed by atoms with Gasteiger partial charge in [0, 0.05) is 12.7 Å². The Morgan fingerprint density at radius 3 is 2.08 bits per heavy atom. The van der Waals surface area contributed by atoms with Crippen LogP contribution < -0.4 is 5.32 Å². The van der Waals surface area contributed by atoms with E-state index >= 15 is 0 Å². The largest absolute Gasteiger partial charge is 0.388 e. The summed E-state index contributed by atoms with van der Waals surface area (Å²) in [5.74, 6) is 0. The Labute approximate surface area is 75.2 Å². The molecule has 0 saturated heterocycles. The van der Waals surface area contributed by atoms with Crippen molar-refractivity contribution in [3.05, 3.63) is 48.2 Å². The second kappa shape index (κ2) is 6.47. The van der Waals surface area contributed by atoms with Gasteiger partial charge in [0.25, 0.3) is 0 Å². The van der Waals surface area contributed by atoms with Crippen LogP contribution in [0.2, 0.25) is 0 Å². The van der Waals surface area contributed by atoms with Crippen molar-refractivity contribution in [1.82, 2.24) is 5.32 Å². The molecule has 0 aliphatic heterocycles. The summed E-state index contributed by atoms with van der Waals surface area (Å²) in [6.45, 7) is 7.73. The lowest BCUT2D eigenvalue weighted by atomic mass is 10.1. The van der Waals surface area contributed by atoms with E-state index in [2.05, 4.69) is 11.9 Å². The van der Waals surface area contributed by atoms with E-state index in [0.29, 0.717) is 0 Å². The van der Waals surface area contributed by atoms with Gasteiger partial charge in [-0.15, -0.1) is 0 Å². The third-order valence-corrected chi connectivity index (χ3v) is 1.48. The van der Waals surface area contributed by atoms with Crippen LogP contribution in [-0.2, 0) is 0 Å². The predicted octanol–water partition coefficient (Wildman–Crippen LogP) is 2.80. The van der Waals surface area contributed by atoms with Crippen LogP contribution >= 0.6 is 0 Å². The monoisotopic (exact) mass is 163 g/mol. The molecule has 0 aromatic rings. The van der Waals surface area contributed by atoms with Crippen LogP contribution in [0.25, 0.3) is 0 Å². The lowest BCUT2D eigenvalue weighted by molar-refractivity contribution is 1.02. The molecule has 0 aromatic carbocycles. The van der Waals surface area contributed by atoms with Gasteiger partial charge in [-0.3, -0.25) is 0 Å². The summed E-state index contributed by atoms with van der Waals surface area (Å²) in [6.07, 6.45) is 9.89. The third kappa shape index (κ3) is 3.24. The molecule has 0 bridgehead atoms. The average molecular weight is 163 g/mol. The molecule has 0 radical (unpaired) electrons. The average Bonchev–Trinajstić information content (AvgIpc) is 2.11. The van der Waals surface area contributed by atoms with Gasteiger partial charge in [0.15, 0.2) is 0 Å². The first-order valence-electron chi connectivity index (χ1n) is 4.10. The molecule has 0 atom stereocenters. The van der Waals surface area contributed by atoms with E-state index in [1.807, 2.05) is 51.3 Å². The molecule has 0 aromatic heterocycles. The molecular formula is C11H17N. The van der Waals surface area contributed by atoms with Crippen molar-refractivity contribution in [2.45, 2.75) is 13.8 Å². The van der Waals surface area contributed by atoms with E-state index in [1.165, 1.54) is 0 Å². The number of allylic oxidation sites excluding steroid dienone is 6. The fourth-order valence-corrected chi connectivity index (χ4v) is 0.938. The third-order valence-electron chi connectivity index (χ3n) is 1.48. The Kier molecular flexibility index (Phi) is 5.80. The molecule has 1 heteroatoms. The number of nitrogens with one attached hydrogen (secondary N) is 1. The van der Waals surface area contributed by atoms with Crippen LogP contribution in [0.4, 0.5) is 0 Å².